The molecule has 15 nitrogen and oxygen atoms in total. The van der Waals surface area contributed by atoms with Gasteiger partial charge in [0.05, 0.1) is 23.9 Å². The molecule has 5 rings (SSSR count). The normalized spacial score (nSPS) is 28.7. The molecule has 2 aliphatic heterocycles. The van der Waals surface area contributed by atoms with Crippen molar-refractivity contribution in [2.45, 2.75) is 80.5 Å². The minimum Gasteiger partial charge on any atom is -0.504 e. The second-order valence-electron chi connectivity index (χ2n) is 11.2. The Hall–Kier alpha value is -4.21. The Bertz CT molecular complexity index is 1420. The summed E-state index contributed by atoms with van der Waals surface area (Å²) in [5.74, 6) is -7.37. The molecule has 1 aromatic carbocycles. The van der Waals surface area contributed by atoms with E-state index in [0.717, 1.165) is 12.5 Å². The molecule has 0 amide bonds. The molecule has 1 spiro atoms. The third-order valence-corrected chi connectivity index (χ3v) is 8.69. The lowest BCUT2D eigenvalue weighted by Gasteiger charge is -2.61. The summed E-state index contributed by atoms with van der Waals surface area (Å²) in [5.41, 5.74) is -0.872. The minimum atomic E-state index is -2.15. The van der Waals surface area contributed by atoms with Crippen LogP contribution in [0.25, 0.3) is 0 Å². The lowest BCUT2D eigenvalue weighted by atomic mass is 9.50. The van der Waals surface area contributed by atoms with Crippen LogP contribution in [0.15, 0.2) is 24.0 Å². The first-order valence-corrected chi connectivity index (χ1v) is 13.6. The van der Waals surface area contributed by atoms with Gasteiger partial charge in [0, 0.05) is 18.0 Å². The molecule has 1 aromatic rings. The molecule has 0 saturated carbocycles. The van der Waals surface area contributed by atoms with Crippen molar-refractivity contribution in [3.05, 3.63) is 35.1 Å². The van der Waals surface area contributed by atoms with E-state index in [1.54, 1.807) is 6.07 Å². The number of aliphatic hydroxyl groups excluding tert-OH is 1. The number of hydrogen-bond acceptors (Lipinski definition) is 13. The molecule has 1 saturated heterocycles. The van der Waals surface area contributed by atoms with Crippen LogP contribution in [-0.4, -0.2) is 110 Å². The summed E-state index contributed by atoms with van der Waals surface area (Å²) in [6.07, 6.45) is -6.64. The van der Waals surface area contributed by atoms with Gasteiger partial charge in [0.25, 0.3) is 0 Å². The van der Waals surface area contributed by atoms with Crippen molar-refractivity contribution in [2.24, 2.45) is 0 Å². The molecule has 0 aromatic heterocycles. The smallest absolute Gasteiger partial charge is 0.348 e. The monoisotopic (exact) mass is 605 g/mol. The van der Waals surface area contributed by atoms with Gasteiger partial charge in [-0.05, 0) is 51.1 Å². The number of piperidine rings is 1. The number of carboxylic acid groups (broad SMARTS) is 2. The number of rotatable bonds is 10. The van der Waals surface area contributed by atoms with E-state index in [2.05, 4.69) is 4.90 Å². The largest absolute Gasteiger partial charge is 0.504 e. The quantitative estimate of drug-likeness (QED) is 0.165. The summed E-state index contributed by atoms with van der Waals surface area (Å²) in [6.45, 7) is 1.60. The molecule has 2 aliphatic carbocycles. The summed E-state index contributed by atoms with van der Waals surface area (Å²) >= 11 is 0. The number of phenols is 1. The van der Waals surface area contributed by atoms with Gasteiger partial charge in [-0.1, -0.05) is 6.07 Å². The van der Waals surface area contributed by atoms with Crippen LogP contribution in [0, 0.1) is 0 Å². The van der Waals surface area contributed by atoms with Gasteiger partial charge in [0.1, 0.15) is 11.9 Å². The summed E-state index contributed by atoms with van der Waals surface area (Å²) in [4.78, 5) is 62.4. The SMILES string of the molecule is C[C@H](O)C(=O)O[C@@H](CC(=O)OC1=CC[C@@]2(O)[C@H]3Cc4ccc(O)c5c4[C@@]2(CCN3C)[C@H]1O5)C(=O)O[C@@H](CC(=O)O)C(=O)O. The number of carbonyl (C=O) groups excluding carboxylic acids is 3. The Morgan fingerprint density at radius 3 is 2.44 bits per heavy atom. The molecule has 15 heteroatoms. The molecule has 1 fully saturated rings. The maximum atomic E-state index is 13.2. The first kappa shape index (κ1) is 30.3. The van der Waals surface area contributed by atoms with Gasteiger partial charge in [0.15, 0.2) is 17.6 Å². The maximum Gasteiger partial charge on any atom is 0.348 e. The highest BCUT2D eigenvalue weighted by atomic mass is 16.6. The number of hydrogen-bond donors (Lipinski definition) is 5. The second kappa shape index (κ2) is 10.8. The second-order valence-corrected chi connectivity index (χ2v) is 11.2. The third-order valence-electron chi connectivity index (χ3n) is 8.69. The highest BCUT2D eigenvalue weighted by molar-refractivity contribution is 5.88. The van der Waals surface area contributed by atoms with E-state index in [1.807, 2.05) is 7.05 Å². The molecule has 43 heavy (non-hydrogen) atoms. The van der Waals surface area contributed by atoms with E-state index in [0.29, 0.717) is 24.9 Å². The van der Waals surface area contributed by atoms with Gasteiger partial charge < -0.3 is 49.4 Å². The zero-order valence-corrected chi connectivity index (χ0v) is 23.2. The van der Waals surface area contributed by atoms with Crippen LogP contribution in [0.5, 0.6) is 11.5 Å². The van der Waals surface area contributed by atoms with E-state index in [-0.39, 0.29) is 29.7 Å². The highest BCUT2D eigenvalue weighted by Gasteiger charge is 2.72. The number of aliphatic carboxylic acids is 2. The fraction of sp³-hybridized carbons (Fsp3) is 0.536. The molecule has 232 valence electrons. The van der Waals surface area contributed by atoms with Crippen molar-refractivity contribution in [3.63, 3.8) is 0 Å². The van der Waals surface area contributed by atoms with Crippen molar-refractivity contribution in [1.29, 1.82) is 0 Å². The number of ether oxygens (including phenoxy) is 4. The van der Waals surface area contributed by atoms with E-state index >= 15 is 0 Å². The number of aromatic hydroxyl groups is 1. The number of benzene rings is 1. The Morgan fingerprint density at radius 1 is 1.09 bits per heavy atom. The highest BCUT2D eigenvalue weighted by Crippen LogP contribution is 2.65. The number of likely N-dealkylation sites (N-methyl/N-ethyl adjacent to an activating group) is 1. The topological polar surface area (TPSA) is 227 Å². The predicted molar refractivity (Wildman–Crippen MR) is 139 cm³/mol. The number of carbonyl (C=O) groups is 5. The van der Waals surface area contributed by atoms with Crippen LogP contribution < -0.4 is 4.74 Å². The minimum absolute atomic E-state index is 0.00955. The Balaban J connectivity index is 1.41. The van der Waals surface area contributed by atoms with Crippen molar-refractivity contribution < 1.29 is 68.5 Å². The van der Waals surface area contributed by atoms with Gasteiger partial charge in [0.2, 0.25) is 12.2 Å². The average molecular weight is 606 g/mol. The van der Waals surface area contributed by atoms with Crippen LogP contribution in [0.1, 0.15) is 43.7 Å². The molecule has 5 N–H and O–H groups in total. The van der Waals surface area contributed by atoms with Crippen LogP contribution in [-0.2, 0) is 50.0 Å². The van der Waals surface area contributed by atoms with Crippen molar-refractivity contribution in [3.8, 4) is 11.5 Å². The zero-order chi connectivity index (χ0) is 31.4. The van der Waals surface area contributed by atoms with Gasteiger partial charge in [-0.3, -0.25) is 9.59 Å². The summed E-state index contributed by atoms with van der Waals surface area (Å²) in [6, 6.07) is 2.98. The van der Waals surface area contributed by atoms with E-state index < -0.39 is 78.1 Å². The van der Waals surface area contributed by atoms with E-state index in [1.165, 1.54) is 12.1 Å². The van der Waals surface area contributed by atoms with Crippen LogP contribution in [0.3, 0.4) is 0 Å². The van der Waals surface area contributed by atoms with Crippen molar-refractivity contribution in [2.75, 3.05) is 13.6 Å². The Kier molecular flexibility index (Phi) is 7.61. The number of phenolic OH excluding ortho intramolecular Hbond substituents is 1. The van der Waals surface area contributed by atoms with E-state index in [9.17, 15) is 44.4 Å². The van der Waals surface area contributed by atoms with Crippen molar-refractivity contribution in [1.82, 2.24) is 4.90 Å². The summed E-state index contributed by atoms with van der Waals surface area (Å²) in [5, 5.41) is 50.5. The molecular formula is C28H31NO14. The fourth-order valence-corrected chi connectivity index (χ4v) is 6.73. The third kappa shape index (κ3) is 4.86. The lowest BCUT2D eigenvalue weighted by Crippen LogP contribution is -2.74. The summed E-state index contributed by atoms with van der Waals surface area (Å²) < 4.78 is 21.4. The Morgan fingerprint density at radius 2 is 1.79 bits per heavy atom. The van der Waals surface area contributed by atoms with Gasteiger partial charge >= 0.3 is 29.8 Å². The average Bonchev–Trinajstić information content (AvgIpc) is 3.28. The number of carboxylic acids is 2. The lowest BCUT2D eigenvalue weighted by molar-refractivity contribution is -0.184. The van der Waals surface area contributed by atoms with Gasteiger partial charge in [-0.2, -0.15) is 0 Å². The van der Waals surface area contributed by atoms with Crippen LogP contribution in [0.4, 0.5) is 0 Å². The number of likely N-dealkylation sites (tertiary alicyclic amines) is 1. The molecule has 2 bridgehead atoms. The number of aliphatic hydroxyl groups is 2. The zero-order valence-electron chi connectivity index (χ0n) is 23.2. The van der Waals surface area contributed by atoms with Gasteiger partial charge in [-0.25, -0.2) is 14.4 Å². The molecule has 4 aliphatic rings. The molecule has 7 atom stereocenters. The number of nitrogens with zero attached hydrogens (tertiary/aromatic N) is 1. The van der Waals surface area contributed by atoms with E-state index in [4.69, 9.17) is 24.1 Å². The standard InChI is InChI=1S/C28H31NO14/c1-12(30)25(37)42-17(26(38)41-16(24(35)36)10-19(32)33)11-20(34)40-15-5-6-28(39)18-9-13-3-4-14(31)22-21(13)27(28,23(15)43-22)7-8-29(18)2/h3-5,12,16-18,23,30-31,39H,6-11H2,1-2H3,(H,32,33)(H,35,36)/t12-,16-,17-,18+,23-,27-,28+/m0/s1. The molecular weight excluding hydrogens is 574 g/mol. The van der Waals surface area contributed by atoms with Crippen LogP contribution in [0.2, 0.25) is 0 Å². The maximum absolute atomic E-state index is 13.2. The summed E-state index contributed by atoms with van der Waals surface area (Å²) in [7, 11) is 1.91. The first-order chi connectivity index (χ1) is 20.2. The number of esters is 3. The fourth-order valence-electron chi connectivity index (χ4n) is 6.73. The van der Waals surface area contributed by atoms with Crippen molar-refractivity contribution >= 4 is 29.8 Å². The first-order valence-electron chi connectivity index (χ1n) is 13.6. The molecule has 0 unspecified atom stereocenters. The van der Waals surface area contributed by atoms with Crippen LogP contribution >= 0.6 is 0 Å². The molecule has 0 radical (unpaired) electrons. The molecule has 2 heterocycles. The Labute approximate surface area is 244 Å². The van der Waals surface area contributed by atoms with Gasteiger partial charge in [-0.15, -0.1) is 0 Å². The predicted octanol–water partition coefficient (Wildman–Crippen LogP) is -0.633.